The second-order valence-corrected chi connectivity index (χ2v) is 6.10. The first-order chi connectivity index (χ1) is 10.6. The molecule has 22 heavy (non-hydrogen) atoms. The average molecular weight is 300 g/mol. The average Bonchev–Trinajstić information content (AvgIpc) is 2.51. The number of aliphatic hydroxyl groups is 1. The van der Waals surface area contributed by atoms with E-state index < -0.39 is 0 Å². The summed E-state index contributed by atoms with van der Waals surface area (Å²) in [5.41, 5.74) is 0.463. The number of nitrogens with zero attached hydrogens (tertiary/aromatic N) is 1. The Kier molecular flexibility index (Phi) is 5.90. The van der Waals surface area contributed by atoms with Gasteiger partial charge in [-0.05, 0) is 36.1 Å². The lowest BCUT2D eigenvalue weighted by atomic mass is 9.94. The summed E-state index contributed by atoms with van der Waals surface area (Å²) < 4.78 is 0. The lowest BCUT2D eigenvalue weighted by Crippen LogP contribution is -2.31. The minimum atomic E-state index is -0.150. The third-order valence-corrected chi connectivity index (χ3v) is 3.78. The Hall–Kier alpha value is -1.94. The van der Waals surface area contributed by atoms with Crippen molar-refractivity contribution in [3.05, 3.63) is 42.2 Å². The Morgan fingerprint density at radius 3 is 2.77 bits per heavy atom. The quantitative estimate of drug-likeness (QED) is 0.826. The number of carbonyl (C=O) groups excluding carboxylic acids is 1. The molecule has 1 unspecified atom stereocenters. The highest BCUT2D eigenvalue weighted by atomic mass is 16.3. The van der Waals surface area contributed by atoms with E-state index in [1.807, 2.05) is 30.3 Å². The van der Waals surface area contributed by atoms with Crippen molar-refractivity contribution < 1.29 is 9.90 Å². The van der Waals surface area contributed by atoms with Crippen LogP contribution in [0.1, 0.15) is 37.2 Å². The Labute approximate surface area is 131 Å². The van der Waals surface area contributed by atoms with E-state index in [4.69, 9.17) is 5.11 Å². The molecule has 2 aromatic rings. The van der Waals surface area contributed by atoms with Crippen LogP contribution < -0.4 is 5.32 Å². The van der Waals surface area contributed by atoms with Crippen molar-refractivity contribution in [2.24, 2.45) is 11.8 Å². The topological polar surface area (TPSA) is 62.2 Å². The Morgan fingerprint density at radius 1 is 1.27 bits per heavy atom. The zero-order valence-electron chi connectivity index (χ0n) is 13.2. The van der Waals surface area contributed by atoms with Gasteiger partial charge in [0.05, 0.1) is 0 Å². The first kappa shape index (κ1) is 16.4. The Bertz CT molecular complexity index is 620. The molecule has 0 radical (unpaired) electrons. The van der Waals surface area contributed by atoms with Gasteiger partial charge in [-0.3, -0.25) is 9.78 Å². The molecule has 4 nitrogen and oxygen atoms in total. The first-order valence-electron chi connectivity index (χ1n) is 7.84. The van der Waals surface area contributed by atoms with E-state index in [2.05, 4.69) is 24.1 Å². The van der Waals surface area contributed by atoms with E-state index in [0.29, 0.717) is 30.5 Å². The first-order valence-corrected chi connectivity index (χ1v) is 7.84. The molecule has 0 aliphatic carbocycles. The molecule has 2 N–H and O–H groups in total. The van der Waals surface area contributed by atoms with Crippen LogP contribution in [-0.2, 0) is 0 Å². The maximum atomic E-state index is 12.4. The Balaban J connectivity index is 2.07. The minimum Gasteiger partial charge on any atom is -0.396 e. The van der Waals surface area contributed by atoms with Crippen LogP contribution in [0.2, 0.25) is 0 Å². The fourth-order valence-electron chi connectivity index (χ4n) is 2.77. The number of hydrogen-bond donors (Lipinski definition) is 2. The van der Waals surface area contributed by atoms with Crippen LogP contribution in [0.3, 0.4) is 0 Å². The molecule has 1 atom stereocenters. The summed E-state index contributed by atoms with van der Waals surface area (Å²) in [6, 6.07) is 9.65. The van der Waals surface area contributed by atoms with E-state index >= 15 is 0 Å². The van der Waals surface area contributed by atoms with Crippen LogP contribution in [-0.4, -0.2) is 29.1 Å². The second kappa shape index (κ2) is 7.90. The number of carbonyl (C=O) groups is 1. The summed E-state index contributed by atoms with van der Waals surface area (Å²) in [5, 5.41) is 14.0. The molecule has 1 aromatic heterocycles. The zero-order chi connectivity index (χ0) is 15.9. The summed E-state index contributed by atoms with van der Waals surface area (Å²) >= 11 is 0. The van der Waals surface area contributed by atoms with E-state index in [1.54, 1.807) is 6.20 Å². The van der Waals surface area contributed by atoms with Crippen LogP contribution in [0.4, 0.5) is 0 Å². The van der Waals surface area contributed by atoms with Gasteiger partial charge in [0.15, 0.2) is 0 Å². The molecule has 1 amide bonds. The fraction of sp³-hybridized carbons (Fsp3) is 0.444. The maximum absolute atomic E-state index is 12.4. The number of nitrogens with one attached hydrogen (secondary N) is 1. The van der Waals surface area contributed by atoms with Crippen LogP contribution >= 0.6 is 0 Å². The maximum Gasteiger partial charge on any atom is 0.270 e. The highest BCUT2D eigenvalue weighted by Gasteiger charge is 2.15. The van der Waals surface area contributed by atoms with Gasteiger partial charge in [-0.15, -0.1) is 0 Å². The van der Waals surface area contributed by atoms with Crippen LogP contribution in [0.15, 0.2) is 36.5 Å². The number of amides is 1. The van der Waals surface area contributed by atoms with Crippen molar-refractivity contribution in [2.45, 2.75) is 26.7 Å². The van der Waals surface area contributed by atoms with Crippen LogP contribution in [0, 0.1) is 11.8 Å². The lowest BCUT2D eigenvalue weighted by molar-refractivity contribution is 0.0938. The van der Waals surface area contributed by atoms with Crippen molar-refractivity contribution >= 4 is 16.7 Å². The number of aromatic nitrogens is 1. The van der Waals surface area contributed by atoms with Crippen molar-refractivity contribution in [3.8, 4) is 0 Å². The number of pyridine rings is 1. The predicted molar refractivity (Wildman–Crippen MR) is 88.7 cm³/mol. The van der Waals surface area contributed by atoms with Crippen molar-refractivity contribution in [1.82, 2.24) is 10.3 Å². The summed E-state index contributed by atoms with van der Waals surface area (Å²) in [7, 11) is 0. The van der Waals surface area contributed by atoms with Gasteiger partial charge in [0, 0.05) is 24.7 Å². The molecule has 0 fully saturated rings. The molecule has 1 aromatic carbocycles. The van der Waals surface area contributed by atoms with Gasteiger partial charge in [0.1, 0.15) is 5.69 Å². The van der Waals surface area contributed by atoms with Gasteiger partial charge in [-0.2, -0.15) is 0 Å². The lowest BCUT2D eigenvalue weighted by Gasteiger charge is -2.18. The molecule has 0 saturated carbocycles. The molecule has 0 bridgehead atoms. The summed E-state index contributed by atoms with van der Waals surface area (Å²) in [6.45, 7) is 5.03. The molecule has 0 saturated heterocycles. The zero-order valence-corrected chi connectivity index (χ0v) is 13.2. The van der Waals surface area contributed by atoms with E-state index in [0.717, 1.165) is 17.2 Å². The number of rotatable bonds is 7. The van der Waals surface area contributed by atoms with Gasteiger partial charge in [0.25, 0.3) is 5.91 Å². The van der Waals surface area contributed by atoms with Gasteiger partial charge < -0.3 is 10.4 Å². The number of fused-ring (bicyclic) bond motifs is 1. The van der Waals surface area contributed by atoms with Gasteiger partial charge >= 0.3 is 0 Å². The normalized spacial score (nSPS) is 12.5. The Morgan fingerprint density at radius 2 is 2.05 bits per heavy atom. The van der Waals surface area contributed by atoms with Crippen molar-refractivity contribution in [1.29, 1.82) is 0 Å². The van der Waals surface area contributed by atoms with E-state index in [9.17, 15) is 4.79 Å². The number of hydrogen-bond acceptors (Lipinski definition) is 3. The van der Waals surface area contributed by atoms with E-state index in [1.165, 1.54) is 0 Å². The molecule has 1 heterocycles. The van der Waals surface area contributed by atoms with Crippen LogP contribution in [0.25, 0.3) is 10.8 Å². The largest absolute Gasteiger partial charge is 0.396 e. The van der Waals surface area contributed by atoms with Gasteiger partial charge in [0.2, 0.25) is 0 Å². The molecule has 0 aliphatic heterocycles. The molecule has 0 aliphatic rings. The van der Waals surface area contributed by atoms with Crippen LogP contribution in [0.5, 0.6) is 0 Å². The molecular formula is C18H24N2O2. The van der Waals surface area contributed by atoms with Crippen molar-refractivity contribution in [3.63, 3.8) is 0 Å². The highest BCUT2D eigenvalue weighted by Crippen LogP contribution is 2.17. The van der Waals surface area contributed by atoms with Gasteiger partial charge in [-0.25, -0.2) is 0 Å². The van der Waals surface area contributed by atoms with E-state index in [-0.39, 0.29) is 12.5 Å². The predicted octanol–water partition coefficient (Wildman–Crippen LogP) is 3.01. The summed E-state index contributed by atoms with van der Waals surface area (Å²) in [6.07, 6.45) is 3.36. The molecule has 118 valence electrons. The van der Waals surface area contributed by atoms with Crippen molar-refractivity contribution in [2.75, 3.05) is 13.2 Å². The molecule has 2 rings (SSSR count). The third kappa shape index (κ3) is 4.28. The SMILES string of the molecule is CC(C)CC(CCO)CNC(=O)c1nccc2ccccc12. The smallest absolute Gasteiger partial charge is 0.270 e. The standard InChI is InChI=1S/C18H24N2O2/c1-13(2)11-14(8-10-21)12-20-18(22)17-16-6-4-3-5-15(16)7-9-19-17/h3-7,9,13-14,21H,8,10-12H2,1-2H3,(H,20,22). The molecule has 0 spiro atoms. The molecule has 4 heteroatoms. The summed E-state index contributed by atoms with van der Waals surface area (Å²) in [5.74, 6) is 0.691. The van der Waals surface area contributed by atoms with Gasteiger partial charge in [-0.1, -0.05) is 38.1 Å². The monoisotopic (exact) mass is 300 g/mol. The summed E-state index contributed by atoms with van der Waals surface area (Å²) in [4.78, 5) is 16.6. The third-order valence-electron chi connectivity index (χ3n) is 3.78. The highest BCUT2D eigenvalue weighted by molar-refractivity contribution is 6.05. The second-order valence-electron chi connectivity index (χ2n) is 6.10. The number of aliphatic hydroxyl groups excluding tert-OH is 1. The fourth-order valence-corrected chi connectivity index (χ4v) is 2.77. The minimum absolute atomic E-state index is 0.150. The number of benzene rings is 1. The molecular weight excluding hydrogens is 276 g/mol.